The maximum absolute atomic E-state index is 12.8. The first-order valence-corrected chi connectivity index (χ1v) is 13.3. The number of hydrogen-bond acceptors (Lipinski definition) is 7. The average Bonchev–Trinajstić information content (AvgIpc) is 3.33. The van der Waals surface area contributed by atoms with E-state index in [1.54, 1.807) is 34.6 Å². The highest BCUT2D eigenvalue weighted by Crippen LogP contribution is 2.41. The fraction of sp³-hybridized carbons (Fsp3) is 0.444. The van der Waals surface area contributed by atoms with Gasteiger partial charge in [0.15, 0.2) is 0 Å². The number of nitrogens with zero attached hydrogens (tertiary/aromatic N) is 4. The lowest BCUT2D eigenvalue weighted by atomic mass is 9.72. The summed E-state index contributed by atoms with van der Waals surface area (Å²) in [5, 5.41) is 5.97. The molecule has 1 N–H and O–H groups in total. The van der Waals surface area contributed by atoms with Gasteiger partial charge < -0.3 is 19.9 Å². The average molecular weight is 522 g/mol. The number of aromatic nitrogens is 2. The summed E-state index contributed by atoms with van der Waals surface area (Å²) in [5.74, 6) is 0.362. The molecular weight excluding hydrogens is 490 g/mol. The zero-order valence-corrected chi connectivity index (χ0v) is 22.1. The third-order valence-electron chi connectivity index (χ3n) is 6.76. The first-order chi connectivity index (χ1) is 17.6. The van der Waals surface area contributed by atoms with Gasteiger partial charge in [0.1, 0.15) is 11.4 Å². The number of amides is 3. The lowest BCUT2D eigenvalue weighted by Gasteiger charge is -2.50. The fourth-order valence-electron chi connectivity index (χ4n) is 4.83. The van der Waals surface area contributed by atoms with Gasteiger partial charge in [-0.05, 0) is 56.9 Å². The molecular formula is C27H31N5O4S. The number of anilines is 1. The van der Waals surface area contributed by atoms with Gasteiger partial charge in [-0.15, -0.1) is 11.3 Å². The van der Waals surface area contributed by atoms with E-state index in [9.17, 15) is 14.4 Å². The van der Waals surface area contributed by atoms with Crippen LogP contribution < -0.4 is 5.32 Å². The Morgan fingerprint density at radius 3 is 2.73 bits per heavy atom. The van der Waals surface area contributed by atoms with Crippen molar-refractivity contribution in [3.05, 3.63) is 57.7 Å². The lowest BCUT2D eigenvalue weighted by Crippen LogP contribution is -2.66. The molecule has 1 saturated heterocycles. The maximum Gasteiger partial charge on any atom is 0.410 e. The third kappa shape index (κ3) is 5.58. The molecule has 0 aromatic carbocycles. The molecule has 194 valence electrons. The summed E-state index contributed by atoms with van der Waals surface area (Å²) in [5.41, 5.74) is 1.74. The minimum absolute atomic E-state index is 0.0426. The lowest BCUT2D eigenvalue weighted by molar-refractivity contribution is -0.135. The molecule has 3 aliphatic heterocycles. The van der Waals surface area contributed by atoms with E-state index < -0.39 is 17.1 Å². The van der Waals surface area contributed by atoms with Crippen molar-refractivity contribution in [2.45, 2.75) is 45.6 Å². The number of rotatable bonds is 4. The van der Waals surface area contributed by atoms with Gasteiger partial charge in [0.05, 0.1) is 10.4 Å². The van der Waals surface area contributed by atoms with Crippen molar-refractivity contribution in [2.75, 3.05) is 31.5 Å². The Hall–Kier alpha value is -3.53. The summed E-state index contributed by atoms with van der Waals surface area (Å²) >= 11 is 1.65. The quantitative estimate of drug-likeness (QED) is 0.486. The van der Waals surface area contributed by atoms with Crippen LogP contribution in [0.25, 0.3) is 6.08 Å². The van der Waals surface area contributed by atoms with Gasteiger partial charge in [-0.3, -0.25) is 9.59 Å². The first kappa shape index (κ1) is 25.1. The van der Waals surface area contributed by atoms with Crippen molar-refractivity contribution in [1.29, 1.82) is 0 Å². The first-order valence-electron chi connectivity index (χ1n) is 12.4. The Morgan fingerprint density at radius 2 is 2.05 bits per heavy atom. The molecule has 0 bridgehead atoms. The van der Waals surface area contributed by atoms with Gasteiger partial charge in [-0.25, -0.2) is 14.8 Å². The smallest absolute Gasteiger partial charge is 0.410 e. The molecule has 10 heteroatoms. The van der Waals surface area contributed by atoms with Crippen LogP contribution >= 0.6 is 11.3 Å². The number of carbonyl (C=O) groups is 3. The summed E-state index contributed by atoms with van der Waals surface area (Å²) in [6, 6.07) is 1.95. The highest BCUT2D eigenvalue weighted by molar-refractivity contribution is 7.09. The molecule has 1 fully saturated rings. The van der Waals surface area contributed by atoms with Crippen LogP contribution in [0.4, 0.5) is 10.6 Å². The Bertz CT molecular complexity index is 1270. The maximum atomic E-state index is 12.8. The summed E-state index contributed by atoms with van der Waals surface area (Å²) in [7, 11) is 0. The van der Waals surface area contributed by atoms with Crippen LogP contribution in [0.3, 0.4) is 0 Å². The Labute approximate surface area is 220 Å². The van der Waals surface area contributed by atoms with Crippen molar-refractivity contribution < 1.29 is 19.1 Å². The van der Waals surface area contributed by atoms with E-state index in [0.29, 0.717) is 38.4 Å². The molecule has 2 aromatic rings. The second-order valence-corrected chi connectivity index (χ2v) is 11.8. The fourth-order valence-corrected chi connectivity index (χ4v) is 5.50. The number of fused-ring (bicyclic) bond motifs is 1. The summed E-state index contributed by atoms with van der Waals surface area (Å²) in [6.07, 6.45) is 10.7. The number of hydrogen-bond donors (Lipinski definition) is 1. The third-order valence-corrected chi connectivity index (χ3v) is 7.54. The Morgan fingerprint density at radius 1 is 1.24 bits per heavy atom. The van der Waals surface area contributed by atoms with Gasteiger partial charge >= 0.3 is 6.09 Å². The van der Waals surface area contributed by atoms with Crippen LogP contribution in [-0.2, 0) is 27.2 Å². The molecule has 3 aliphatic rings. The minimum Gasteiger partial charge on any atom is -0.444 e. The summed E-state index contributed by atoms with van der Waals surface area (Å²) in [6.45, 7) is 7.34. The monoisotopic (exact) mass is 521 g/mol. The summed E-state index contributed by atoms with van der Waals surface area (Å²) in [4.78, 5) is 50.0. The van der Waals surface area contributed by atoms with Crippen LogP contribution in [0.15, 0.2) is 41.6 Å². The molecule has 37 heavy (non-hydrogen) atoms. The zero-order chi connectivity index (χ0) is 26.2. The van der Waals surface area contributed by atoms with Crippen LogP contribution in [0.1, 0.15) is 43.3 Å². The van der Waals surface area contributed by atoms with Gasteiger partial charge in [0, 0.05) is 56.4 Å². The number of carbonyl (C=O) groups excluding carboxylic acids is 3. The van der Waals surface area contributed by atoms with Gasteiger partial charge in [-0.1, -0.05) is 11.6 Å². The number of likely N-dealkylation sites (tertiary alicyclic amines) is 1. The largest absolute Gasteiger partial charge is 0.444 e. The van der Waals surface area contributed by atoms with E-state index in [0.717, 1.165) is 29.0 Å². The highest BCUT2D eigenvalue weighted by Gasteiger charge is 2.54. The minimum atomic E-state index is -0.680. The molecule has 0 unspecified atom stereocenters. The number of nitrogens with one attached hydrogen (secondary N) is 1. The van der Waals surface area contributed by atoms with Crippen molar-refractivity contribution in [3.8, 4) is 0 Å². The number of thiazole rings is 1. The van der Waals surface area contributed by atoms with Crippen LogP contribution in [0, 0.1) is 5.41 Å². The van der Waals surface area contributed by atoms with Crippen LogP contribution in [-0.4, -0.2) is 69.5 Å². The van der Waals surface area contributed by atoms with E-state index >= 15 is 0 Å². The molecule has 0 radical (unpaired) electrons. The molecule has 2 aromatic heterocycles. The SMILES string of the molecule is CC(C)(C)OC(=O)N1CC2(Cc3cc(C=CC(=O)N4CC=C(Cc5nccs5)CC4)cnc3NC2=O)C1. The topological polar surface area (TPSA) is 105 Å². The normalized spacial score (nSPS) is 18.8. The zero-order valence-electron chi connectivity index (χ0n) is 21.3. The van der Waals surface area contributed by atoms with Crippen molar-refractivity contribution in [2.24, 2.45) is 5.41 Å². The number of ether oxygens (including phenoxy) is 1. The summed E-state index contributed by atoms with van der Waals surface area (Å²) < 4.78 is 5.42. The number of pyridine rings is 1. The molecule has 5 rings (SSSR count). The Kier molecular flexibility index (Phi) is 6.61. The van der Waals surface area contributed by atoms with Crippen LogP contribution in [0.2, 0.25) is 0 Å². The predicted molar refractivity (Wildman–Crippen MR) is 141 cm³/mol. The van der Waals surface area contributed by atoms with E-state index in [1.807, 2.05) is 43.3 Å². The van der Waals surface area contributed by atoms with Gasteiger partial charge in [0.25, 0.3) is 0 Å². The predicted octanol–water partition coefficient (Wildman–Crippen LogP) is 3.68. The highest BCUT2D eigenvalue weighted by atomic mass is 32.1. The van der Waals surface area contributed by atoms with Crippen molar-refractivity contribution >= 4 is 41.1 Å². The van der Waals surface area contributed by atoms with E-state index in [1.165, 1.54) is 5.57 Å². The van der Waals surface area contributed by atoms with Gasteiger partial charge in [-0.2, -0.15) is 0 Å². The van der Waals surface area contributed by atoms with Crippen molar-refractivity contribution in [3.63, 3.8) is 0 Å². The Balaban J connectivity index is 1.19. The van der Waals surface area contributed by atoms with Gasteiger partial charge in [0.2, 0.25) is 11.8 Å². The molecule has 9 nitrogen and oxygen atoms in total. The molecule has 0 saturated carbocycles. The molecule has 5 heterocycles. The van der Waals surface area contributed by atoms with Crippen molar-refractivity contribution in [1.82, 2.24) is 19.8 Å². The van der Waals surface area contributed by atoms with E-state index in [4.69, 9.17) is 4.74 Å². The van der Waals surface area contributed by atoms with Crippen LogP contribution in [0.5, 0.6) is 0 Å². The molecule has 3 amide bonds. The second kappa shape index (κ2) is 9.74. The van der Waals surface area contributed by atoms with E-state index in [-0.39, 0.29) is 11.8 Å². The second-order valence-electron chi connectivity index (χ2n) is 10.9. The standard InChI is InChI=1S/C27H31N5O4S/c1-26(2,3)36-25(35)32-16-27(17-32)14-20-12-19(15-29-23(20)30-24(27)34)4-5-22(33)31-9-6-18(7-10-31)13-21-28-8-11-37-21/h4-6,8,11-12,15H,7,9-10,13-14,16-17H2,1-3H3,(H,29,30,34). The van der Waals surface area contributed by atoms with E-state index in [2.05, 4.69) is 21.4 Å². The molecule has 0 atom stereocenters. The molecule has 0 aliphatic carbocycles. The molecule has 1 spiro atoms.